The molecule has 0 aliphatic rings. The molecule has 0 fully saturated rings. The van der Waals surface area contributed by atoms with Gasteiger partial charge in [-0.2, -0.15) is 5.10 Å². The number of rotatable bonds is 6. The number of carbonyl (C=O) groups is 1. The molecule has 0 aliphatic heterocycles. The summed E-state index contributed by atoms with van der Waals surface area (Å²) in [4.78, 5) is 12.7. The minimum absolute atomic E-state index is 0.00151. The lowest BCUT2D eigenvalue weighted by atomic mass is 10.1. The van der Waals surface area contributed by atoms with Crippen LogP contribution >= 0.6 is 0 Å². The third kappa shape index (κ3) is 3.42. The Morgan fingerprint density at radius 2 is 2.41 bits per heavy atom. The van der Waals surface area contributed by atoms with Crippen LogP contribution < -0.4 is 0 Å². The number of carboxylic acids is 1. The molecule has 0 amide bonds. The highest BCUT2D eigenvalue weighted by Gasteiger charge is 2.20. The van der Waals surface area contributed by atoms with Crippen molar-refractivity contribution in [3.63, 3.8) is 0 Å². The Morgan fingerprint density at radius 1 is 1.76 bits per heavy atom. The first-order chi connectivity index (χ1) is 7.95. The van der Waals surface area contributed by atoms with E-state index in [1.54, 1.807) is 10.8 Å². The molecule has 1 N–H and O–H groups in total. The normalized spacial score (nSPS) is 12.7. The van der Waals surface area contributed by atoms with E-state index in [2.05, 4.69) is 11.7 Å². The van der Waals surface area contributed by atoms with Crippen molar-refractivity contribution in [2.45, 2.75) is 19.9 Å². The van der Waals surface area contributed by atoms with Crippen molar-refractivity contribution in [2.24, 2.45) is 7.05 Å². The van der Waals surface area contributed by atoms with E-state index in [9.17, 15) is 4.79 Å². The zero-order valence-electron chi connectivity index (χ0n) is 10.6. The van der Waals surface area contributed by atoms with Crippen molar-refractivity contribution < 1.29 is 9.90 Å². The number of nitrogens with zero attached hydrogens (tertiary/aromatic N) is 3. The highest BCUT2D eigenvalue weighted by atomic mass is 16.4. The molecule has 1 aromatic heterocycles. The largest absolute Gasteiger partial charge is 0.480 e. The van der Waals surface area contributed by atoms with Crippen LogP contribution in [-0.4, -0.2) is 38.8 Å². The molecule has 0 saturated heterocycles. The van der Waals surface area contributed by atoms with Crippen LogP contribution in [0.1, 0.15) is 24.2 Å². The topological polar surface area (TPSA) is 58.4 Å². The van der Waals surface area contributed by atoms with Gasteiger partial charge in [-0.25, -0.2) is 0 Å². The summed E-state index contributed by atoms with van der Waals surface area (Å²) in [7, 11) is 1.86. The molecule has 94 valence electrons. The lowest BCUT2D eigenvalue weighted by Gasteiger charge is -2.25. The van der Waals surface area contributed by atoms with E-state index in [-0.39, 0.29) is 12.6 Å². The first kappa shape index (κ1) is 13.4. The fourth-order valence-corrected chi connectivity index (χ4v) is 1.92. The van der Waals surface area contributed by atoms with Crippen LogP contribution in [0.3, 0.4) is 0 Å². The standard InChI is InChI=1S/C12H19N3O2/c1-5-6-15(8-12(16)17)10(3)11-7-14(4)13-9(11)2/h5,7,10H,1,6,8H2,2-4H3,(H,16,17). The minimum Gasteiger partial charge on any atom is -0.480 e. The number of aryl methyl sites for hydroxylation is 2. The molecule has 17 heavy (non-hydrogen) atoms. The van der Waals surface area contributed by atoms with Gasteiger partial charge in [-0.15, -0.1) is 6.58 Å². The molecule has 5 heteroatoms. The molecule has 0 radical (unpaired) electrons. The molecule has 1 aromatic rings. The molecule has 0 aromatic carbocycles. The Balaban J connectivity index is 2.90. The highest BCUT2D eigenvalue weighted by Crippen LogP contribution is 2.22. The van der Waals surface area contributed by atoms with Crippen molar-refractivity contribution in [1.82, 2.24) is 14.7 Å². The van der Waals surface area contributed by atoms with E-state index in [1.165, 1.54) is 0 Å². The van der Waals surface area contributed by atoms with E-state index in [4.69, 9.17) is 5.11 Å². The molecule has 0 bridgehead atoms. The van der Waals surface area contributed by atoms with E-state index < -0.39 is 5.97 Å². The van der Waals surface area contributed by atoms with Crippen LogP contribution in [0.25, 0.3) is 0 Å². The minimum atomic E-state index is -0.833. The van der Waals surface area contributed by atoms with Gasteiger partial charge in [-0.3, -0.25) is 14.4 Å². The van der Waals surface area contributed by atoms with Crippen LogP contribution in [0.15, 0.2) is 18.9 Å². The Bertz CT molecular complexity index is 412. The second kappa shape index (κ2) is 5.63. The molecular formula is C12H19N3O2. The molecular weight excluding hydrogens is 218 g/mol. The van der Waals surface area contributed by atoms with Gasteiger partial charge in [-0.05, 0) is 13.8 Å². The van der Waals surface area contributed by atoms with Crippen LogP contribution in [0.2, 0.25) is 0 Å². The fourth-order valence-electron chi connectivity index (χ4n) is 1.92. The Kier molecular flexibility index (Phi) is 4.45. The van der Waals surface area contributed by atoms with Crippen molar-refractivity contribution in [3.05, 3.63) is 30.1 Å². The van der Waals surface area contributed by atoms with Crippen molar-refractivity contribution in [2.75, 3.05) is 13.1 Å². The summed E-state index contributed by atoms with van der Waals surface area (Å²) in [5, 5.41) is 13.2. The van der Waals surface area contributed by atoms with E-state index in [0.717, 1.165) is 11.3 Å². The maximum absolute atomic E-state index is 10.8. The molecule has 1 rings (SSSR count). The van der Waals surface area contributed by atoms with E-state index >= 15 is 0 Å². The molecule has 1 unspecified atom stereocenters. The monoisotopic (exact) mass is 237 g/mol. The zero-order chi connectivity index (χ0) is 13.0. The summed E-state index contributed by atoms with van der Waals surface area (Å²) in [6.07, 6.45) is 3.64. The Morgan fingerprint density at radius 3 is 2.82 bits per heavy atom. The lowest BCUT2D eigenvalue weighted by molar-refractivity contribution is -0.138. The third-order valence-electron chi connectivity index (χ3n) is 2.75. The number of carboxylic acid groups (broad SMARTS) is 1. The molecule has 1 atom stereocenters. The summed E-state index contributed by atoms with van der Waals surface area (Å²) in [5.41, 5.74) is 1.98. The summed E-state index contributed by atoms with van der Waals surface area (Å²) in [6, 6.07) is 0.0119. The fraction of sp³-hybridized carbons (Fsp3) is 0.500. The molecule has 0 spiro atoms. The predicted octanol–water partition coefficient (Wildman–Crippen LogP) is 1.36. The van der Waals surface area contributed by atoms with Gasteiger partial charge in [-0.1, -0.05) is 6.08 Å². The van der Waals surface area contributed by atoms with Gasteiger partial charge in [0, 0.05) is 31.4 Å². The van der Waals surface area contributed by atoms with Crippen LogP contribution in [0, 0.1) is 6.92 Å². The average molecular weight is 237 g/mol. The number of hydrogen-bond donors (Lipinski definition) is 1. The quantitative estimate of drug-likeness (QED) is 0.759. The van der Waals surface area contributed by atoms with Gasteiger partial charge in [0.2, 0.25) is 0 Å². The van der Waals surface area contributed by atoms with E-state index in [0.29, 0.717) is 6.54 Å². The number of aliphatic carboxylic acids is 1. The second-order valence-corrected chi connectivity index (χ2v) is 4.13. The lowest BCUT2D eigenvalue weighted by Crippen LogP contribution is -2.32. The first-order valence-electron chi connectivity index (χ1n) is 5.52. The number of hydrogen-bond acceptors (Lipinski definition) is 3. The maximum Gasteiger partial charge on any atom is 0.317 e. The maximum atomic E-state index is 10.8. The van der Waals surface area contributed by atoms with E-state index in [1.807, 2.05) is 32.0 Å². The van der Waals surface area contributed by atoms with Gasteiger partial charge >= 0.3 is 5.97 Å². The van der Waals surface area contributed by atoms with Gasteiger partial charge in [0.1, 0.15) is 0 Å². The van der Waals surface area contributed by atoms with Crippen molar-refractivity contribution in [1.29, 1.82) is 0 Å². The third-order valence-corrected chi connectivity index (χ3v) is 2.75. The predicted molar refractivity (Wildman–Crippen MR) is 65.8 cm³/mol. The average Bonchev–Trinajstić information content (AvgIpc) is 2.55. The zero-order valence-corrected chi connectivity index (χ0v) is 10.6. The van der Waals surface area contributed by atoms with Crippen molar-refractivity contribution in [3.8, 4) is 0 Å². The van der Waals surface area contributed by atoms with Gasteiger partial charge in [0.05, 0.1) is 12.2 Å². The highest BCUT2D eigenvalue weighted by molar-refractivity contribution is 5.69. The molecule has 0 aliphatic carbocycles. The Labute approximate surface area is 101 Å². The summed E-state index contributed by atoms with van der Waals surface area (Å²) in [5.74, 6) is -0.833. The molecule has 5 nitrogen and oxygen atoms in total. The van der Waals surface area contributed by atoms with Gasteiger partial charge in [0.15, 0.2) is 0 Å². The SMILES string of the molecule is C=CCN(CC(=O)O)C(C)c1cn(C)nc1C. The first-order valence-corrected chi connectivity index (χ1v) is 5.52. The summed E-state index contributed by atoms with van der Waals surface area (Å²) in [6.45, 7) is 8.11. The summed E-state index contributed by atoms with van der Waals surface area (Å²) >= 11 is 0. The summed E-state index contributed by atoms with van der Waals surface area (Å²) < 4.78 is 1.74. The van der Waals surface area contributed by atoms with Crippen LogP contribution in [0.5, 0.6) is 0 Å². The second-order valence-electron chi connectivity index (χ2n) is 4.13. The van der Waals surface area contributed by atoms with Crippen LogP contribution in [-0.2, 0) is 11.8 Å². The number of aromatic nitrogens is 2. The van der Waals surface area contributed by atoms with Crippen molar-refractivity contribution >= 4 is 5.97 Å². The van der Waals surface area contributed by atoms with Crippen LogP contribution in [0.4, 0.5) is 0 Å². The smallest absolute Gasteiger partial charge is 0.317 e. The Hall–Kier alpha value is -1.62. The molecule has 0 saturated carbocycles. The van der Waals surface area contributed by atoms with Gasteiger partial charge < -0.3 is 5.11 Å². The molecule has 1 heterocycles. The van der Waals surface area contributed by atoms with Gasteiger partial charge in [0.25, 0.3) is 0 Å².